The van der Waals surface area contributed by atoms with Gasteiger partial charge in [0.15, 0.2) is 5.78 Å². The largest absolute Gasteiger partial charge is 0.631 e. The van der Waals surface area contributed by atoms with Crippen molar-refractivity contribution in [1.82, 2.24) is 0 Å². The Morgan fingerprint density at radius 2 is 1.83 bits per heavy atom. The van der Waals surface area contributed by atoms with Crippen molar-refractivity contribution in [2.75, 3.05) is 13.2 Å². The van der Waals surface area contributed by atoms with Gasteiger partial charge in [-0.1, -0.05) is 24.3 Å². The van der Waals surface area contributed by atoms with E-state index in [1.54, 1.807) is 12.1 Å². The molecule has 1 aliphatic rings. The van der Waals surface area contributed by atoms with Gasteiger partial charge in [-0.25, -0.2) is 9.05 Å². The Morgan fingerprint density at radius 3 is 2.33 bits per heavy atom. The second-order valence-electron chi connectivity index (χ2n) is 4.41. The van der Waals surface area contributed by atoms with Crippen LogP contribution in [0.15, 0.2) is 24.3 Å². The molecule has 0 aliphatic carbocycles. The summed E-state index contributed by atoms with van der Waals surface area (Å²) in [6.45, 7) is 4.31. The van der Waals surface area contributed by atoms with Crippen molar-refractivity contribution >= 4 is 13.7 Å². The predicted molar refractivity (Wildman–Crippen MR) is 68.3 cm³/mol. The van der Waals surface area contributed by atoms with Crippen LogP contribution in [-0.4, -0.2) is 19.0 Å². The van der Waals surface area contributed by atoms with Crippen molar-refractivity contribution in [3.05, 3.63) is 35.4 Å². The Morgan fingerprint density at radius 1 is 1.28 bits per heavy atom. The number of Topliss-reactive ketones (excluding diaryl/α,β-unsaturated/α-hetero) is 1. The van der Waals surface area contributed by atoms with E-state index in [-0.39, 0.29) is 11.4 Å². The zero-order chi connectivity index (χ0) is 13.2. The highest BCUT2D eigenvalue weighted by Crippen LogP contribution is 2.65. The molecule has 0 bridgehead atoms. The summed E-state index contributed by atoms with van der Waals surface area (Å²) in [7, 11) is -3.05. The summed E-state index contributed by atoms with van der Waals surface area (Å²) < 4.78 is 10.7. The molecule has 1 aromatic carbocycles. The summed E-state index contributed by atoms with van der Waals surface area (Å²) in [6.07, 6.45) is 0.778. The van der Waals surface area contributed by atoms with Gasteiger partial charge in [0.2, 0.25) is 7.94 Å². The average Bonchev–Trinajstić information content (AvgIpc) is 2.39. The molecule has 0 radical (unpaired) electrons. The van der Waals surface area contributed by atoms with E-state index in [0.717, 1.165) is 12.0 Å². The average molecular weight is 268 g/mol. The Hall–Kier alpha value is -0.800. The van der Waals surface area contributed by atoms with Crippen LogP contribution in [0, 0.1) is 0 Å². The molecule has 4 nitrogen and oxygen atoms in total. The third kappa shape index (κ3) is 2.78. The van der Waals surface area contributed by atoms with Crippen LogP contribution in [0.4, 0.5) is 0 Å². The van der Waals surface area contributed by atoms with Gasteiger partial charge >= 0.3 is 0 Å². The maximum Gasteiger partial charge on any atom is 0.244 e. The van der Waals surface area contributed by atoms with Gasteiger partial charge in [0.1, 0.15) is 5.66 Å². The van der Waals surface area contributed by atoms with E-state index in [1.807, 2.05) is 19.1 Å². The van der Waals surface area contributed by atoms with Crippen LogP contribution >= 0.6 is 7.94 Å². The molecule has 1 saturated heterocycles. The summed E-state index contributed by atoms with van der Waals surface area (Å²) in [5.74, 6) is 0.0194. The van der Waals surface area contributed by atoms with Crippen LogP contribution in [0.2, 0.25) is 0 Å². The molecular formula is C13H17O4P. The van der Waals surface area contributed by atoms with Gasteiger partial charge in [0, 0.05) is 12.0 Å². The second-order valence-corrected chi connectivity index (χ2v) is 6.78. The predicted octanol–water partition coefficient (Wildman–Crippen LogP) is 2.51. The van der Waals surface area contributed by atoms with Crippen molar-refractivity contribution in [2.45, 2.75) is 25.9 Å². The Bertz CT molecular complexity index is 423. The van der Waals surface area contributed by atoms with Crippen molar-refractivity contribution in [3.63, 3.8) is 0 Å². The molecule has 1 aliphatic heterocycles. The van der Waals surface area contributed by atoms with E-state index in [1.165, 1.54) is 6.92 Å². The molecule has 0 unspecified atom stereocenters. The van der Waals surface area contributed by atoms with Crippen molar-refractivity contribution in [3.8, 4) is 0 Å². The maximum atomic E-state index is 12.4. The Balaban J connectivity index is 2.17. The highest BCUT2D eigenvalue weighted by Gasteiger charge is 2.41. The van der Waals surface area contributed by atoms with Gasteiger partial charge < -0.3 is 4.89 Å². The fourth-order valence-electron chi connectivity index (χ4n) is 1.88. The van der Waals surface area contributed by atoms with Crippen LogP contribution in [0.3, 0.4) is 0 Å². The number of rotatable bonds is 3. The molecule has 0 N–H and O–H groups in total. The first-order valence-electron chi connectivity index (χ1n) is 6.02. The molecule has 1 aromatic rings. The zero-order valence-corrected chi connectivity index (χ0v) is 11.5. The number of hydrogen-bond acceptors (Lipinski definition) is 4. The van der Waals surface area contributed by atoms with Gasteiger partial charge in [0.25, 0.3) is 0 Å². The quantitative estimate of drug-likeness (QED) is 0.624. The minimum atomic E-state index is -3.05. The number of hydrogen-bond donors (Lipinski definition) is 0. The molecule has 0 spiro atoms. The molecule has 1 heterocycles. The number of carbonyl (C=O) groups is 1. The highest BCUT2D eigenvalue weighted by molar-refractivity contribution is 7.59. The summed E-state index contributed by atoms with van der Waals surface area (Å²) >= 11 is 0. The zero-order valence-electron chi connectivity index (χ0n) is 10.6. The topological polar surface area (TPSA) is 58.6 Å². The van der Waals surface area contributed by atoms with Gasteiger partial charge in [-0.05, 0) is 19.4 Å². The molecule has 1 atom stereocenters. The highest BCUT2D eigenvalue weighted by atomic mass is 31.2. The lowest BCUT2D eigenvalue weighted by Crippen LogP contribution is -2.26. The van der Waals surface area contributed by atoms with Gasteiger partial charge in [0.05, 0.1) is 13.2 Å². The van der Waals surface area contributed by atoms with Crippen LogP contribution in [0.25, 0.3) is 0 Å². The molecule has 2 rings (SSSR count). The molecule has 18 heavy (non-hydrogen) atoms. The molecule has 5 heteroatoms. The third-order valence-corrected chi connectivity index (χ3v) is 5.44. The fourth-order valence-corrected chi connectivity index (χ4v) is 3.71. The van der Waals surface area contributed by atoms with Gasteiger partial charge in [-0.2, -0.15) is 0 Å². The van der Waals surface area contributed by atoms with Gasteiger partial charge in [-0.15, -0.1) is 0 Å². The maximum absolute atomic E-state index is 12.4. The first-order valence-corrected chi connectivity index (χ1v) is 7.64. The summed E-state index contributed by atoms with van der Waals surface area (Å²) in [5.41, 5.74) is 1.21. The van der Waals surface area contributed by atoms with Crippen LogP contribution in [0.5, 0.6) is 0 Å². The standard InChI is InChI=1S/C13H17O4P/c1-10(14)12-4-6-13(7-5-12)11(2)18(15)16-8-3-9-17-18/h4-7,11H,3,8-9H2,1-2H3/t11-/m1/s1. The van der Waals surface area contributed by atoms with E-state index in [2.05, 4.69) is 0 Å². The monoisotopic (exact) mass is 268 g/mol. The van der Waals surface area contributed by atoms with Crippen LogP contribution in [0.1, 0.15) is 41.8 Å². The molecule has 1 fully saturated rings. The number of ketones is 1. The minimum Gasteiger partial charge on any atom is -0.631 e. The minimum absolute atomic E-state index is 0.0194. The summed E-state index contributed by atoms with van der Waals surface area (Å²) in [4.78, 5) is 23.6. The van der Waals surface area contributed by atoms with E-state index in [9.17, 15) is 9.69 Å². The van der Waals surface area contributed by atoms with Crippen molar-refractivity contribution in [1.29, 1.82) is 0 Å². The van der Waals surface area contributed by atoms with Crippen LogP contribution < -0.4 is 4.89 Å². The molecule has 0 aromatic heterocycles. The molecule has 0 amide bonds. The third-order valence-electron chi connectivity index (χ3n) is 3.11. The first kappa shape index (κ1) is 13.6. The first-order chi connectivity index (χ1) is 8.53. The van der Waals surface area contributed by atoms with Crippen molar-refractivity contribution in [2.24, 2.45) is 0 Å². The lowest BCUT2D eigenvalue weighted by Gasteiger charge is -2.35. The number of carbonyl (C=O) groups excluding carboxylic acids is 1. The summed E-state index contributed by atoms with van der Waals surface area (Å²) in [5, 5.41) is 0. The Labute approximate surface area is 108 Å². The van der Waals surface area contributed by atoms with E-state index < -0.39 is 7.94 Å². The smallest absolute Gasteiger partial charge is 0.244 e. The van der Waals surface area contributed by atoms with Crippen molar-refractivity contribution < 1.29 is 18.7 Å². The lowest BCUT2D eigenvalue weighted by atomic mass is 10.1. The second kappa shape index (κ2) is 5.45. The van der Waals surface area contributed by atoms with E-state index >= 15 is 0 Å². The summed E-state index contributed by atoms with van der Waals surface area (Å²) in [6, 6.07) is 7.10. The normalized spacial score (nSPS) is 20.4. The molecule has 0 saturated carbocycles. The molecule has 98 valence electrons. The van der Waals surface area contributed by atoms with E-state index in [4.69, 9.17) is 9.05 Å². The van der Waals surface area contributed by atoms with Gasteiger partial charge in [-0.3, -0.25) is 4.79 Å². The number of benzene rings is 1. The fraction of sp³-hybridized carbons (Fsp3) is 0.462. The van der Waals surface area contributed by atoms with Crippen LogP contribution in [-0.2, 0) is 9.05 Å². The van der Waals surface area contributed by atoms with E-state index in [0.29, 0.717) is 18.8 Å². The molecular weight excluding hydrogens is 251 g/mol. The lowest BCUT2D eigenvalue weighted by molar-refractivity contribution is -0.227. The Kier molecular flexibility index (Phi) is 4.13. The SMILES string of the molecule is CC(=O)c1ccc([C@@H](C)[P+]2([O-])OCCCO2)cc1.